The lowest BCUT2D eigenvalue weighted by molar-refractivity contribution is 0.414. The average Bonchev–Trinajstić information content (AvgIpc) is 2.51. The highest BCUT2D eigenvalue weighted by atomic mass is 35.5. The molecule has 7 heteroatoms. The van der Waals surface area contributed by atoms with E-state index in [1.165, 1.54) is 18.2 Å². The summed E-state index contributed by atoms with van der Waals surface area (Å²) in [4.78, 5) is 0. The third-order valence-electron chi connectivity index (χ3n) is 3.37. The van der Waals surface area contributed by atoms with Crippen molar-refractivity contribution < 1.29 is 17.5 Å². The summed E-state index contributed by atoms with van der Waals surface area (Å²) in [5.41, 5.74) is 0.734. The summed E-state index contributed by atoms with van der Waals surface area (Å²) in [6.07, 6.45) is 0. The van der Waals surface area contributed by atoms with Crippen LogP contribution in [0.4, 0.5) is 4.39 Å². The Labute approximate surface area is 140 Å². The third-order valence-corrected chi connectivity index (χ3v) is 5.10. The zero-order valence-electron chi connectivity index (χ0n) is 12.7. The second-order valence-corrected chi connectivity index (χ2v) is 7.23. The number of methoxy groups -OCH3 is 1. The summed E-state index contributed by atoms with van der Waals surface area (Å²) in [5, 5.41) is 0.0903. The minimum absolute atomic E-state index is 0.0383. The van der Waals surface area contributed by atoms with Crippen molar-refractivity contribution in [2.45, 2.75) is 18.7 Å². The zero-order chi connectivity index (χ0) is 17.0. The molecule has 124 valence electrons. The number of benzene rings is 2. The first-order valence-corrected chi connectivity index (χ1v) is 8.92. The maximum atomic E-state index is 13.7. The molecule has 0 aliphatic heterocycles. The Morgan fingerprint density at radius 1 is 1.22 bits per heavy atom. The lowest BCUT2D eigenvalue weighted by atomic mass is 10.1. The number of sulfonamides is 1. The summed E-state index contributed by atoms with van der Waals surface area (Å²) in [5.74, 6) is -0.471. The molecule has 0 spiro atoms. The molecule has 0 aromatic heterocycles. The fourth-order valence-corrected chi connectivity index (χ4v) is 3.87. The van der Waals surface area contributed by atoms with E-state index in [1.807, 2.05) is 0 Å². The highest BCUT2D eigenvalue weighted by Gasteiger charge is 2.20. The van der Waals surface area contributed by atoms with Crippen LogP contribution in [0.25, 0.3) is 0 Å². The highest BCUT2D eigenvalue weighted by Crippen LogP contribution is 2.23. The Balaban J connectivity index is 2.13. The standard InChI is InChI=1S/C16H17ClFNO3S/c1-11(12-6-8-13(22-2)9-7-12)19-23(20,21)10-14-15(17)4-3-5-16(14)18/h3-9,11,19H,10H2,1-2H3. The predicted molar refractivity (Wildman–Crippen MR) is 88.6 cm³/mol. The summed E-state index contributed by atoms with van der Waals surface area (Å²) < 4.78 is 45.8. The van der Waals surface area contributed by atoms with Gasteiger partial charge in [0, 0.05) is 16.6 Å². The van der Waals surface area contributed by atoms with Gasteiger partial charge in [-0.15, -0.1) is 0 Å². The lowest BCUT2D eigenvalue weighted by Gasteiger charge is -2.15. The summed E-state index contributed by atoms with van der Waals surface area (Å²) >= 11 is 5.88. The van der Waals surface area contributed by atoms with Gasteiger partial charge in [0.2, 0.25) is 10.0 Å². The van der Waals surface area contributed by atoms with E-state index >= 15 is 0 Å². The molecule has 0 saturated carbocycles. The van der Waals surface area contributed by atoms with E-state index in [0.717, 1.165) is 5.56 Å². The van der Waals surface area contributed by atoms with Gasteiger partial charge in [-0.2, -0.15) is 0 Å². The third kappa shape index (κ3) is 4.67. The fraction of sp³-hybridized carbons (Fsp3) is 0.250. The van der Waals surface area contributed by atoms with E-state index in [4.69, 9.17) is 16.3 Å². The van der Waals surface area contributed by atoms with Crippen molar-refractivity contribution in [3.05, 3.63) is 64.4 Å². The van der Waals surface area contributed by atoms with Crippen molar-refractivity contribution in [1.82, 2.24) is 4.72 Å². The van der Waals surface area contributed by atoms with Crippen LogP contribution in [0.3, 0.4) is 0 Å². The first-order valence-electron chi connectivity index (χ1n) is 6.89. The predicted octanol–water partition coefficient (Wildman–Crippen LogP) is 3.67. The second-order valence-electron chi connectivity index (χ2n) is 5.07. The average molecular weight is 358 g/mol. The molecule has 0 radical (unpaired) electrons. The summed E-state index contributed by atoms with van der Waals surface area (Å²) in [7, 11) is -2.19. The number of rotatable bonds is 6. The molecule has 1 unspecified atom stereocenters. The molecule has 2 rings (SSSR count). The molecule has 0 amide bonds. The van der Waals surface area contributed by atoms with Crippen molar-refractivity contribution in [2.24, 2.45) is 0 Å². The van der Waals surface area contributed by atoms with E-state index in [1.54, 1.807) is 38.3 Å². The minimum Gasteiger partial charge on any atom is -0.497 e. The molecule has 23 heavy (non-hydrogen) atoms. The molecule has 0 saturated heterocycles. The van der Waals surface area contributed by atoms with Crippen LogP contribution in [0.2, 0.25) is 5.02 Å². The second kappa shape index (κ2) is 7.29. The largest absolute Gasteiger partial charge is 0.497 e. The van der Waals surface area contributed by atoms with Crippen LogP contribution in [0.5, 0.6) is 5.75 Å². The molecule has 0 fully saturated rings. The Morgan fingerprint density at radius 2 is 1.87 bits per heavy atom. The summed E-state index contributed by atoms with van der Waals surface area (Å²) in [6, 6.07) is 10.6. The molecule has 0 aliphatic carbocycles. The maximum absolute atomic E-state index is 13.7. The van der Waals surface area contributed by atoms with Gasteiger partial charge in [-0.25, -0.2) is 17.5 Å². The van der Waals surface area contributed by atoms with Gasteiger partial charge < -0.3 is 4.74 Å². The number of nitrogens with one attached hydrogen (secondary N) is 1. The van der Waals surface area contributed by atoms with Crippen LogP contribution in [0.1, 0.15) is 24.1 Å². The molecule has 2 aromatic rings. The van der Waals surface area contributed by atoms with Crippen molar-refractivity contribution in [3.63, 3.8) is 0 Å². The van der Waals surface area contributed by atoms with Gasteiger partial charge in [0.15, 0.2) is 0 Å². The van der Waals surface area contributed by atoms with Gasteiger partial charge in [0.1, 0.15) is 11.6 Å². The van der Waals surface area contributed by atoms with Crippen LogP contribution >= 0.6 is 11.6 Å². The van der Waals surface area contributed by atoms with Crippen molar-refractivity contribution in [3.8, 4) is 5.75 Å². The van der Waals surface area contributed by atoms with Crippen LogP contribution in [0.15, 0.2) is 42.5 Å². The topological polar surface area (TPSA) is 55.4 Å². The van der Waals surface area contributed by atoms with E-state index in [0.29, 0.717) is 5.75 Å². The maximum Gasteiger partial charge on any atom is 0.216 e. The quantitative estimate of drug-likeness (QED) is 0.858. The fourth-order valence-electron chi connectivity index (χ4n) is 2.13. The monoisotopic (exact) mass is 357 g/mol. The smallest absolute Gasteiger partial charge is 0.216 e. The van der Waals surface area contributed by atoms with Gasteiger partial charge in [0.05, 0.1) is 12.9 Å². The zero-order valence-corrected chi connectivity index (χ0v) is 14.3. The van der Waals surface area contributed by atoms with E-state index in [2.05, 4.69) is 4.72 Å². The Bertz CT molecular complexity index is 758. The number of hydrogen-bond donors (Lipinski definition) is 1. The first kappa shape index (κ1) is 17.7. The molecule has 1 atom stereocenters. The molecule has 0 heterocycles. The van der Waals surface area contributed by atoms with Crippen LogP contribution in [0, 0.1) is 5.82 Å². The normalized spacial score (nSPS) is 12.9. The van der Waals surface area contributed by atoms with E-state index < -0.39 is 27.6 Å². The van der Waals surface area contributed by atoms with E-state index in [9.17, 15) is 12.8 Å². The Morgan fingerprint density at radius 3 is 2.43 bits per heavy atom. The molecule has 0 aliphatic rings. The molecule has 0 bridgehead atoms. The number of hydrogen-bond acceptors (Lipinski definition) is 3. The molecular formula is C16H17ClFNO3S. The Kier molecular flexibility index (Phi) is 5.62. The van der Waals surface area contributed by atoms with E-state index in [-0.39, 0.29) is 10.6 Å². The minimum atomic E-state index is -3.75. The van der Waals surface area contributed by atoms with Gasteiger partial charge in [-0.1, -0.05) is 29.8 Å². The number of ether oxygens (including phenoxy) is 1. The molecule has 4 nitrogen and oxygen atoms in total. The van der Waals surface area contributed by atoms with Crippen LogP contribution in [-0.4, -0.2) is 15.5 Å². The highest BCUT2D eigenvalue weighted by molar-refractivity contribution is 7.88. The lowest BCUT2D eigenvalue weighted by Crippen LogP contribution is -2.28. The van der Waals surface area contributed by atoms with Gasteiger partial charge in [-0.3, -0.25) is 0 Å². The first-order chi connectivity index (χ1) is 10.8. The summed E-state index contributed by atoms with van der Waals surface area (Å²) in [6.45, 7) is 1.71. The van der Waals surface area contributed by atoms with Gasteiger partial charge in [-0.05, 0) is 36.8 Å². The van der Waals surface area contributed by atoms with Crippen molar-refractivity contribution >= 4 is 21.6 Å². The Hall–Kier alpha value is -1.63. The number of halogens is 2. The van der Waals surface area contributed by atoms with Crippen LogP contribution < -0.4 is 9.46 Å². The molecular weight excluding hydrogens is 341 g/mol. The van der Waals surface area contributed by atoms with Crippen molar-refractivity contribution in [1.29, 1.82) is 0 Å². The SMILES string of the molecule is COc1ccc(C(C)NS(=O)(=O)Cc2c(F)cccc2Cl)cc1. The van der Waals surface area contributed by atoms with Gasteiger partial charge >= 0.3 is 0 Å². The molecule has 2 aromatic carbocycles. The molecule has 1 N–H and O–H groups in total. The van der Waals surface area contributed by atoms with Gasteiger partial charge in [0.25, 0.3) is 0 Å². The van der Waals surface area contributed by atoms with Crippen LogP contribution in [-0.2, 0) is 15.8 Å². The van der Waals surface area contributed by atoms with Crippen molar-refractivity contribution in [2.75, 3.05) is 7.11 Å².